The van der Waals surface area contributed by atoms with Crippen molar-refractivity contribution in [1.82, 2.24) is 4.98 Å². The van der Waals surface area contributed by atoms with Gasteiger partial charge in [-0.25, -0.2) is 0 Å². The van der Waals surface area contributed by atoms with E-state index in [1.54, 1.807) is 0 Å². The van der Waals surface area contributed by atoms with E-state index in [0.717, 1.165) is 18.0 Å². The van der Waals surface area contributed by atoms with Crippen molar-refractivity contribution >= 4 is 11.8 Å². The van der Waals surface area contributed by atoms with Crippen molar-refractivity contribution in [2.45, 2.75) is 47.8 Å². The largest absolute Gasteiger partial charge is 0.433 e. The Morgan fingerprint density at radius 1 is 1.40 bits per heavy atom. The molecule has 0 saturated carbocycles. The molecule has 1 aliphatic heterocycles. The van der Waals surface area contributed by atoms with Crippen LogP contribution in [0.25, 0.3) is 10.4 Å². The lowest BCUT2D eigenvalue weighted by Crippen LogP contribution is -2.56. The van der Waals surface area contributed by atoms with Gasteiger partial charge in [-0.2, -0.15) is 13.2 Å². The van der Waals surface area contributed by atoms with E-state index in [4.69, 9.17) is 10.3 Å². The van der Waals surface area contributed by atoms with Crippen LogP contribution in [-0.4, -0.2) is 56.7 Å². The molecule has 8 nitrogen and oxygen atoms in total. The molecule has 3 unspecified atom stereocenters. The van der Waals surface area contributed by atoms with Gasteiger partial charge in [0.05, 0.1) is 18.8 Å². The third-order valence-electron chi connectivity index (χ3n) is 3.61. The maximum atomic E-state index is 12.7. The molecule has 1 aromatic rings. The first-order valence-corrected chi connectivity index (χ1v) is 7.94. The van der Waals surface area contributed by atoms with Crippen molar-refractivity contribution in [2.75, 3.05) is 6.61 Å². The van der Waals surface area contributed by atoms with Crippen molar-refractivity contribution in [3.8, 4) is 0 Å². The SMILES string of the molecule is Cc1cc(S[C@H]2OC(CO)[C@H](O)C(N=[N+]=[N-])C2O)cnc1C(F)(F)F. The van der Waals surface area contributed by atoms with Gasteiger partial charge in [0.2, 0.25) is 0 Å². The van der Waals surface area contributed by atoms with Gasteiger partial charge < -0.3 is 20.1 Å². The number of aliphatic hydroxyl groups is 3. The summed E-state index contributed by atoms with van der Waals surface area (Å²) in [6.07, 6.45) is -7.55. The van der Waals surface area contributed by atoms with Crippen LogP contribution in [0.3, 0.4) is 0 Å². The molecule has 0 amide bonds. The highest BCUT2D eigenvalue weighted by Gasteiger charge is 2.44. The van der Waals surface area contributed by atoms with E-state index in [1.165, 1.54) is 13.0 Å². The van der Waals surface area contributed by atoms with Gasteiger partial charge in [-0.1, -0.05) is 16.9 Å². The number of aliphatic hydroxyl groups excluding tert-OH is 3. The van der Waals surface area contributed by atoms with Crippen molar-refractivity contribution in [1.29, 1.82) is 0 Å². The lowest BCUT2D eigenvalue weighted by Gasteiger charge is -2.40. The topological polar surface area (TPSA) is 132 Å². The maximum absolute atomic E-state index is 12.7. The van der Waals surface area contributed by atoms with Gasteiger partial charge in [-0.05, 0) is 24.1 Å². The molecule has 0 aromatic carbocycles. The van der Waals surface area contributed by atoms with Gasteiger partial charge >= 0.3 is 6.18 Å². The first-order valence-electron chi connectivity index (χ1n) is 7.06. The molecule has 0 bridgehead atoms. The van der Waals surface area contributed by atoms with E-state index < -0.39 is 48.3 Å². The highest BCUT2D eigenvalue weighted by molar-refractivity contribution is 7.99. The molecule has 1 aliphatic rings. The number of pyridine rings is 1. The average molecular weight is 380 g/mol. The predicted octanol–water partition coefficient (Wildman–Crippen LogP) is 1.62. The lowest BCUT2D eigenvalue weighted by atomic mass is 9.98. The Bertz CT molecular complexity index is 671. The second-order valence-corrected chi connectivity index (χ2v) is 6.53. The van der Waals surface area contributed by atoms with Gasteiger partial charge in [-0.3, -0.25) is 4.98 Å². The normalized spacial score (nSPS) is 30.0. The van der Waals surface area contributed by atoms with Crippen LogP contribution in [0, 0.1) is 6.92 Å². The van der Waals surface area contributed by atoms with Crippen LogP contribution in [0.4, 0.5) is 13.2 Å². The molecule has 0 aliphatic carbocycles. The Labute approximate surface area is 144 Å². The van der Waals surface area contributed by atoms with Gasteiger partial charge in [0.1, 0.15) is 23.3 Å². The minimum Gasteiger partial charge on any atom is -0.394 e. The first-order chi connectivity index (χ1) is 11.7. The van der Waals surface area contributed by atoms with Crippen LogP contribution in [-0.2, 0) is 10.9 Å². The van der Waals surface area contributed by atoms with E-state index in [2.05, 4.69) is 15.0 Å². The number of alkyl halides is 3. The average Bonchev–Trinajstić information content (AvgIpc) is 2.53. The smallest absolute Gasteiger partial charge is 0.394 e. The predicted molar refractivity (Wildman–Crippen MR) is 80.5 cm³/mol. The fourth-order valence-electron chi connectivity index (χ4n) is 2.41. The summed E-state index contributed by atoms with van der Waals surface area (Å²) in [4.78, 5) is 6.21. The number of thioether (sulfide) groups is 1. The molecule has 25 heavy (non-hydrogen) atoms. The molecule has 3 N–H and O–H groups in total. The Hall–Kier alpha value is -1.56. The number of halogens is 3. The summed E-state index contributed by atoms with van der Waals surface area (Å²) in [6.45, 7) is 0.660. The van der Waals surface area contributed by atoms with Crippen molar-refractivity contribution in [2.24, 2.45) is 5.11 Å². The molecule has 12 heteroatoms. The highest BCUT2D eigenvalue weighted by Crippen LogP contribution is 2.36. The molecule has 138 valence electrons. The van der Waals surface area contributed by atoms with E-state index in [0.29, 0.717) is 0 Å². The maximum Gasteiger partial charge on any atom is 0.433 e. The number of hydrogen-bond donors (Lipinski definition) is 3. The summed E-state index contributed by atoms with van der Waals surface area (Å²) in [7, 11) is 0. The summed E-state index contributed by atoms with van der Waals surface area (Å²) in [5.41, 5.74) is 6.35. The molecule has 1 saturated heterocycles. The summed E-state index contributed by atoms with van der Waals surface area (Å²) < 4.78 is 43.6. The Morgan fingerprint density at radius 3 is 2.60 bits per heavy atom. The zero-order valence-corrected chi connectivity index (χ0v) is 13.6. The molecule has 1 fully saturated rings. The summed E-state index contributed by atoms with van der Waals surface area (Å²) in [6, 6.07) is -0.0325. The third kappa shape index (κ3) is 4.35. The second-order valence-electron chi connectivity index (χ2n) is 5.35. The molecule has 0 radical (unpaired) electrons. The Kier molecular flexibility index (Phi) is 6.14. The minimum absolute atomic E-state index is 0.104. The minimum atomic E-state index is -4.58. The van der Waals surface area contributed by atoms with Crippen molar-refractivity contribution < 1.29 is 33.2 Å². The Balaban J connectivity index is 2.23. The van der Waals surface area contributed by atoms with Gasteiger partial charge in [0.25, 0.3) is 0 Å². The quantitative estimate of drug-likeness (QED) is 0.413. The standard InChI is InChI=1S/C13H15F3N4O4S/c1-5-2-6(3-18-11(5)13(14,15)16)25-12-10(23)8(19-20-17)9(22)7(4-21)24-12/h2-3,7-10,12,21-23H,4H2,1H3/t7?,8?,9-,10?,12+/m0/s1. The Morgan fingerprint density at radius 2 is 2.08 bits per heavy atom. The molecule has 0 spiro atoms. The summed E-state index contributed by atoms with van der Waals surface area (Å²) in [5, 5.41) is 32.7. The van der Waals surface area contributed by atoms with Crippen LogP contribution >= 0.6 is 11.8 Å². The number of aromatic nitrogens is 1. The highest BCUT2D eigenvalue weighted by atomic mass is 32.2. The molecule has 5 atom stereocenters. The van der Waals surface area contributed by atoms with Crippen molar-refractivity contribution in [3.63, 3.8) is 0 Å². The number of aryl methyl sites for hydroxylation is 1. The summed E-state index contributed by atoms with van der Waals surface area (Å²) in [5.74, 6) is 0. The van der Waals surface area contributed by atoms with E-state index in [-0.39, 0.29) is 10.5 Å². The van der Waals surface area contributed by atoms with E-state index in [1.807, 2.05) is 0 Å². The fourth-order valence-corrected chi connectivity index (χ4v) is 3.53. The first kappa shape index (κ1) is 19.8. The zero-order chi connectivity index (χ0) is 18.8. The molecule has 2 heterocycles. The van der Waals surface area contributed by atoms with Gasteiger partial charge in [-0.15, -0.1) is 0 Å². The van der Waals surface area contributed by atoms with E-state index >= 15 is 0 Å². The van der Waals surface area contributed by atoms with Crippen LogP contribution in [0.2, 0.25) is 0 Å². The van der Waals surface area contributed by atoms with Crippen LogP contribution in [0.1, 0.15) is 11.3 Å². The molecular weight excluding hydrogens is 365 g/mol. The van der Waals surface area contributed by atoms with Crippen molar-refractivity contribution in [3.05, 3.63) is 34.0 Å². The van der Waals surface area contributed by atoms with Gasteiger partial charge in [0, 0.05) is 16.0 Å². The van der Waals surface area contributed by atoms with Crippen LogP contribution in [0.5, 0.6) is 0 Å². The number of hydrogen-bond acceptors (Lipinski definition) is 7. The molecule has 1 aromatic heterocycles. The molecule has 2 rings (SSSR count). The summed E-state index contributed by atoms with van der Waals surface area (Å²) >= 11 is 0.849. The fraction of sp³-hybridized carbons (Fsp3) is 0.615. The lowest BCUT2D eigenvalue weighted by molar-refractivity contribution is -0.159. The zero-order valence-electron chi connectivity index (χ0n) is 12.8. The monoisotopic (exact) mass is 380 g/mol. The van der Waals surface area contributed by atoms with Gasteiger partial charge in [0.15, 0.2) is 0 Å². The van der Waals surface area contributed by atoms with Crippen LogP contribution in [0.15, 0.2) is 22.3 Å². The second kappa shape index (κ2) is 7.77. The van der Waals surface area contributed by atoms with E-state index in [9.17, 15) is 28.5 Å². The molecular formula is C13H15F3N4O4S. The van der Waals surface area contributed by atoms with Crippen LogP contribution < -0.4 is 0 Å². The number of rotatable bonds is 4. The number of ether oxygens (including phenoxy) is 1. The third-order valence-corrected chi connectivity index (χ3v) is 4.73. The number of nitrogens with zero attached hydrogens (tertiary/aromatic N) is 4. The number of azide groups is 1.